The van der Waals surface area contributed by atoms with E-state index < -0.39 is 12.8 Å². The number of rotatable bonds is 5. The molecular formula is C10H11F3N4O. The summed E-state index contributed by atoms with van der Waals surface area (Å²) in [5, 5.41) is 11.4. The Morgan fingerprint density at radius 3 is 2.78 bits per heavy atom. The van der Waals surface area contributed by atoms with E-state index in [0.717, 1.165) is 0 Å². The standard InChI is InChI=1S/C10H11F3N4O/c11-10(12,13)6-18-4-3-16-9-2-1-7(15)8(5-14)17-9/h1-2H,3-4,6,15H2,(H,16,17). The lowest BCUT2D eigenvalue weighted by Crippen LogP contribution is -2.20. The number of nitriles is 1. The summed E-state index contributed by atoms with van der Waals surface area (Å²) in [4.78, 5) is 3.86. The lowest BCUT2D eigenvalue weighted by molar-refractivity contribution is -0.172. The minimum Gasteiger partial charge on any atom is -0.396 e. The Hall–Kier alpha value is -2.01. The zero-order valence-corrected chi connectivity index (χ0v) is 9.29. The number of nitrogens with zero attached hydrogens (tertiary/aromatic N) is 2. The van der Waals surface area contributed by atoms with Gasteiger partial charge in [0.2, 0.25) is 0 Å². The molecule has 0 saturated carbocycles. The monoisotopic (exact) mass is 260 g/mol. The second-order valence-corrected chi connectivity index (χ2v) is 3.34. The smallest absolute Gasteiger partial charge is 0.396 e. The van der Waals surface area contributed by atoms with Crippen LogP contribution in [0.5, 0.6) is 0 Å². The summed E-state index contributed by atoms with van der Waals surface area (Å²) in [5.41, 5.74) is 5.77. The van der Waals surface area contributed by atoms with E-state index >= 15 is 0 Å². The summed E-state index contributed by atoms with van der Waals surface area (Å²) in [6.45, 7) is -1.25. The molecule has 0 aliphatic rings. The Morgan fingerprint density at radius 1 is 1.44 bits per heavy atom. The maximum absolute atomic E-state index is 11.7. The van der Waals surface area contributed by atoms with Gasteiger partial charge in [-0.2, -0.15) is 18.4 Å². The van der Waals surface area contributed by atoms with Crippen LogP contribution >= 0.6 is 0 Å². The molecular weight excluding hydrogens is 249 g/mol. The summed E-state index contributed by atoms with van der Waals surface area (Å²) in [5.74, 6) is 0.358. The Bertz CT molecular complexity index is 442. The molecule has 0 unspecified atom stereocenters. The maximum Gasteiger partial charge on any atom is 0.411 e. The van der Waals surface area contributed by atoms with Crippen LogP contribution in [0.4, 0.5) is 24.7 Å². The van der Waals surface area contributed by atoms with Crippen LogP contribution in [0.25, 0.3) is 0 Å². The molecule has 8 heteroatoms. The Kier molecular flexibility index (Phi) is 4.74. The molecule has 0 aromatic carbocycles. The second kappa shape index (κ2) is 6.07. The van der Waals surface area contributed by atoms with Crippen molar-refractivity contribution in [2.24, 2.45) is 0 Å². The minimum absolute atomic E-state index is 0.0659. The van der Waals surface area contributed by atoms with E-state index in [0.29, 0.717) is 5.82 Å². The van der Waals surface area contributed by atoms with Crippen molar-refractivity contribution in [3.8, 4) is 6.07 Å². The number of ether oxygens (including phenoxy) is 1. The lowest BCUT2D eigenvalue weighted by Gasteiger charge is -2.09. The van der Waals surface area contributed by atoms with Crippen LogP contribution in [0.3, 0.4) is 0 Å². The zero-order valence-electron chi connectivity index (χ0n) is 9.29. The van der Waals surface area contributed by atoms with E-state index in [1.54, 1.807) is 6.07 Å². The highest BCUT2D eigenvalue weighted by atomic mass is 19.4. The zero-order chi connectivity index (χ0) is 13.6. The summed E-state index contributed by atoms with van der Waals surface area (Å²) in [6.07, 6.45) is -4.33. The molecule has 1 aromatic rings. The fourth-order valence-corrected chi connectivity index (χ4v) is 1.10. The van der Waals surface area contributed by atoms with Gasteiger partial charge in [0, 0.05) is 6.54 Å². The fourth-order valence-electron chi connectivity index (χ4n) is 1.10. The number of anilines is 2. The molecule has 0 fully saturated rings. The molecule has 18 heavy (non-hydrogen) atoms. The first-order valence-corrected chi connectivity index (χ1v) is 4.97. The number of alkyl halides is 3. The normalized spacial score (nSPS) is 11.0. The summed E-state index contributed by atoms with van der Waals surface area (Å²) in [7, 11) is 0. The average Bonchev–Trinajstić information content (AvgIpc) is 2.29. The van der Waals surface area contributed by atoms with Gasteiger partial charge in [0.1, 0.15) is 18.5 Å². The highest BCUT2D eigenvalue weighted by Gasteiger charge is 2.27. The molecule has 1 rings (SSSR count). The van der Waals surface area contributed by atoms with Gasteiger partial charge in [-0.1, -0.05) is 0 Å². The molecule has 0 saturated heterocycles. The van der Waals surface area contributed by atoms with Crippen LogP contribution in [0, 0.1) is 11.3 Å². The van der Waals surface area contributed by atoms with Crippen molar-refractivity contribution in [3.05, 3.63) is 17.8 Å². The van der Waals surface area contributed by atoms with Crippen molar-refractivity contribution in [3.63, 3.8) is 0 Å². The molecule has 0 bridgehead atoms. The number of pyridine rings is 1. The Morgan fingerprint density at radius 2 is 2.17 bits per heavy atom. The van der Waals surface area contributed by atoms with Gasteiger partial charge in [-0.25, -0.2) is 4.98 Å². The molecule has 0 amide bonds. The van der Waals surface area contributed by atoms with Crippen LogP contribution in [0.2, 0.25) is 0 Å². The first-order valence-electron chi connectivity index (χ1n) is 4.97. The summed E-state index contributed by atoms with van der Waals surface area (Å²) >= 11 is 0. The predicted molar refractivity (Wildman–Crippen MR) is 58.7 cm³/mol. The van der Waals surface area contributed by atoms with Gasteiger partial charge in [-0.3, -0.25) is 0 Å². The molecule has 98 valence electrons. The lowest BCUT2D eigenvalue weighted by atomic mass is 10.3. The third kappa shape index (κ3) is 4.88. The van der Waals surface area contributed by atoms with E-state index in [1.165, 1.54) is 12.1 Å². The number of aromatic nitrogens is 1. The fraction of sp³-hybridized carbons (Fsp3) is 0.400. The van der Waals surface area contributed by atoms with Crippen molar-refractivity contribution in [2.45, 2.75) is 6.18 Å². The number of halogens is 3. The van der Waals surface area contributed by atoms with E-state index in [4.69, 9.17) is 11.0 Å². The van der Waals surface area contributed by atoms with Gasteiger partial charge in [0.15, 0.2) is 5.69 Å². The Labute approximate surface area is 101 Å². The number of nitrogen functional groups attached to an aromatic ring is 1. The van der Waals surface area contributed by atoms with Crippen molar-refractivity contribution in [1.82, 2.24) is 4.98 Å². The van der Waals surface area contributed by atoms with E-state index in [9.17, 15) is 13.2 Å². The molecule has 0 aliphatic carbocycles. The van der Waals surface area contributed by atoms with Gasteiger partial charge in [-0.05, 0) is 12.1 Å². The first kappa shape index (κ1) is 14.1. The predicted octanol–water partition coefficient (Wildman–Crippen LogP) is 1.53. The van der Waals surface area contributed by atoms with Crippen molar-refractivity contribution in [1.29, 1.82) is 5.26 Å². The van der Waals surface area contributed by atoms with Crippen molar-refractivity contribution in [2.75, 3.05) is 30.8 Å². The molecule has 3 N–H and O–H groups in total. The second-order valence-electron chi connectivity index (χ2n) is 3.34. The Balaban J connectivity index is 2.34. The van der Waals surface area contributed by atoms with Crippen LogP contribution in [0.15, 0.2) is 12.1 Å². The SMILES string of the molecule is N#Cc1nc(NCCOCC(F)(F)F)ccc1N. The van der Waals surface area contributed by atoms with Crippen molar-refractivity contribution >= 4 is 11.5 Å². The van der Waals surface area contributed by atoms with Gasteiger partial charge >= 0.3 is 6.18 Å². The third-order valence-electron chi connectivity index (χ3n) is 1.85. The molecule has 0 aliphatic heterocycles. The molecule has 0 spiro atoms. The molecule has 0 atom stereocenters. The van der Waals surface area contributed by atoms with Crippen LogP contribution < -0.4 is 11.1 Å². The van der Waals surface area contributed by atoms with Crippen LogP contribution in [0.1, 0.15) is 5.69 Å². The van der Waals surface area contributed by atoms with E-state index in [-0.39, 0.29) is 24.5 Å². The van der Waals surface area contributed by atoms with Gasteiger partial charge < -0.3 is 15.8 Å². The molecule has 0 radical (unpaired) electrons. The average molecular weight is 260 g/mol. The largest absolute Gasteiger partial charge is 0.411 e. The van der Waals surface area contributed by atoms with Crippen LogP contribution in [-0.4, -0.2) is 30.9 Å². The van der Waals surface area contributed by atoms with Crippen molar-refractivity contribution < 1.29 is 17.9 Å². The first-order chi connectivity index (χ1) is 8.42. The maximum atomic E-state index is 11.7. The molecule has 1 aromatic heterocycles. The van der Waals surface area contributed by atoms with E-state index in [1.807, 2.05) is 0 Å². The van der Waals surface area contributed by atoms with Gasteiger partial charge in [0.25, 0.3) is 0 Å². The topological polar surface area (TPSA) is 84.0 Å². The molecule has 5 nitrogen and oxygen atoms in total. The molecule has 1 heterocycles. The summed E-state index contributed by atoms with van der Waals surface area (Å²) < 4.78 is 39.6. The van der Waals surface area contributed by atoms with Gasteiger partial charge in [0.05, 0.1) is 12.3 Å². The highest BCUT2D eigenvalue weighted by Crippen LogP contribution is 2.14. The highest BCUT2D eigenvalue weighted by molar-refractivity contribution is 5.54. The van der Waals surface area contributed by atoms with E-state index in [2.05, 4.69) is 15.0 Å². The number of nitrogens with two attached hydrogens (primary N) is 1. The number of hydrogen-bond acceptors (Lipinski definition) is 5. The minimum atomic E-state index is -4.33. The summed E-state index contributed by atoms with van der Waals surface area (Å²) in [6, 6.07) is 4.82. The number of nitrogens with one attached hydrogen (secondary N) is 1. The van der Waals surface area contributed by atoms with Gasteiger partial charge in [-0.15, -0.1) is 0 Å². The third-order valence-corrected chi connectivity index (χ3v) is 1.85. The number of hydrogen-bond donors (Lipinski definition) is 2. The quantitative estimate of drug-likeness (QED) is 0.784. The van der Waals surface area contributed by atoms with Crippen LogP contribution in [-0.2, 0) is 4.74 Å².